The van der Waals surface area contributed by atoms with E-state index in [9.17, 15) is 9.59 Å². The summed E-state index contributed by atoms with van der Waals surface area (Å²) in [6.45, 7) is 9.12. The van der Waals surface area contributed by atoms with Crippen LogP contribution in [0.15, 0.2) is 36.5 Å². The third-order valence-electron chi connectivity index (χ3n) is 4.79. The molecule has 3 heterocycles. The van der Waals surface area contributed by atoms with Crippen molar-refractivity contribution in [1.29, 1.82) is 0 Å². The number of fused-ring (bicyclic) bond motifs is 3. The molecule has 1 N–H and O–H groups in total. The first-order chi connectivity index (χ1) is 13.6. The minimum atomic E-state index is -0.455. The SMILES string of the molecule is [C-]#[N+]Cc1ccc(-c2ccc3c(c2)OC[C@H]2[C@H](CNC(C)=O)OC(=O)N32)cn1. The molecule has 28 heavy (non-hydrogen) atoms. The topological polar surface area (TPSA) is 85.1 Å². The van der Waals surface area contributed by atoms with Crippen LogP contribution in [0.1, 0.15) is 12.6 Å². The number of rotatable bonds is 4. The van der Waals surface area contributed by atoms with Gasteiger partial charge >= 0.3 is 6.09 Å². The van der Waals surface area contributed by atoms with Crippen molar-refractivity contribution in [2.24, 2.45) is 0 Å². The summed E-state index contributed by atoms with van der Waals surface area (Å²) in [6, 6.07) is 9.04. The maximum atomic E-state index is 12.4. The van der Waals surface area contributed by atoms with Gasteiger partial charge in [-0.15, -0.1) is 0 Å². The van der Waals surface area contributed by atoms with Crippen molar-refractivity contribution in [3.63, 3.8) is 0 Å². The van der Waals surface area contributed by atoms with Crippen LogP contribution in [-0.4, -0.2) is 42.3 Å². The van der Waals surface area contributed by atoms with E-state index in [1.54, 1.807) is 11.1 Å². The van der Waals surface area contributed by atoms with Crippen LogP contribution in [0.5, 0.6) is 5.75 Å². The Labute approximate surface area is 161 Å². The second-order valence-corrected chi connectivity index (χ2v) is 6.64. The van der Waals surface area contributed by atoms with Gasteiger partial charge in [-0.25, -0.2) is 11.4 Å². The van der Waals surface area contributed by atoms with E-state index < -0.39 is 12.2 Å². The minimum absolute atomic E-state index is 0.174. The highest BCUT2D eigenvalue weighted by atomic mass is 16.6. The molecular formula is C20H18N4O4. The number of carbonyl (C=O) groups excluding carboxylic acids is 2. The van der Waals surface area contributed by atoms with Crippen molar-refractivity contribution in [2.75, 3.05) is 18.1 Å². The fourth-order valence-corrected chi connectivity index (χ4v) is 3.40. The summed E-state index contributed by atoms with van der Waals surface area (Å²) in [7, 11) is 0. The van der Waals surface area contributed by atoms with E-state index in [2.05, 4.69) is 15.1 Å². The zero-order chi connectivity index (χ0) is 19.7. The predicted molar refractivity (Wildman–Crippen MR) is 101 cm³/mol. The lowest BCUT2D eigenvalue weighted by Gasteiger charge is -2.31. The number of anilines is 1. The van der Waals surface area contributed by atoms with Crippen molar-refractivity contribution >= 4 is 17.7 Å². The maximum absolute atomic E-state index is 12.4. The Balaban J connectivity index is 1.58. The molecule has 2 amide bonds. The summed E-state index contributed by atoms with van der Waals surface area (Å²) in [5, 5.41) is 2.69. The van der Waals surface area contributed by atoms with Crippen LogP contribution >= 0.6 is 0 Å². The van der Waals surface area contributed by atoms with Gasteiger partial charge < -0.3 is 19.6 Å². The molecule has 0 aliphatic carbocycles. The molecule has 1 aromatic heterocycles. The molecule has 1 fully saturated rings. The molecule has 1 saturated heterocycles. The Hall–Kier alpha value is -3.60. The van der Waals surface area contributed by atoms with Gasteiger partial charge in [0.25, 0.3) is 6.54 Å². The number of carbonyl (C=O) groups is 2. The monoisotopic (exact) mass is 378 g/mol. The molecule has 142 valence electrons. The van der Waals surface area contributed by atoms with Crippen LogP contribution in [0.2, 0.25) is 0 Å². The third-order valence-corrected chi connectivity index (χ3v) is 4.79. The van der Waals surface area contributed by atoms with Gasteiger partial charge in [0, 0.05) is 18.7 Å². The molecule has 0 bridgehead atoms. The first-order valence-electron chi connectivity index (χ1n) is 8.86. The zero-order valence-corrected chi connectivity index (χ0v) is 15.2. The number of benzene rings is 1. The Kier molecular flexibility index (Phi) is 4.57. The number of ether oxygens (including phenoxy) is 2. The fraction of sp³-hybridized carbons (Fsp3) is 0.300. The number of hydrogen-bond donors (Lipinski definition) is 1. The van der Waals surface area contributed by atoms with Crippen LogP contribution in [0.3, 0.4) is 0 Å². The first kappa shape index (κ1) is 17.8. The first-order valence-corrected chi connectivity index (χ1v) is 8.86. The molecule has 0 unspecified atom stereocenters. The highest BCUT2D eigenvalue weighted by molar-refractivity contribution is 5.94. The van der Waals surface area contributed by atoms with Crippen molar-refractivity contribution in [1.82, 2.24) is 10.3 Å². The van der Waals surface area contributed by atoms with E-state index in [0.717, 1.165) is 16.8 Å². The van der Waals surface area contributed by atoms with E-state index >= 15 is 0 Å². The molecule has 2 aliphatic heterocycles. The van der Waals surface area contributed by atoms with Crippen molar-refractivity contribution < 1.29 is 19.1 Å². The van der Waals surface area contributed by atoms with Crippen molar-refractivity contribution in [2.45, 2.75) is 25.6 Å². The number of nitrogens with one attached hydrogen (secondary N) is 1. The number of aromatic nitrogens is 1. The van der Waals surface area contributed by atoms with Gasteiger partial charge in [-0.3, -0.25) is 14.7 Å². The highest BCUT2D eigenvalue weighted by Gasteiger charge is 2.46. The summed E-state index contributed by atoms with van der Waals surface area (Å²) in [5.41, 5.74) is 3.17. The third kappa shape index (κ3) is 3.22. The average Bonchev–Trinajstić information content (AvgIpc) is 3.03. The predicted octanol–water partition coefficient (Wildman–Crippen LogP) is 2.39. The number of amides is 2. The van der Waals surface area contributed by atoms with E-state index in [-0.39, 0.29) is 31.6 Å². The summed E-state index contributed by atoms with van der Waals surface area (Å²) >= 11 is 0. The molecule has 0 saturated carbocycles. The normalized spacial score (nSPS) is 19.7. The van der Waals surface area contributed by atoms with E-state index in [4.69, 9.17) is 16.0 Å². The fourth-order valence-electron chi connectivity index (χ4n) is 3.40. The Morgan fingerprint density at radius 3 is 2.89 bits per heavy atom. The molecule has 1 aromatic carbocycles. The lowest BCUT2D eigenvalue weighted by molar-refractivity contribution is -0.119. The molecule has 0 spiro atoms. The molecule has 2 atom stereocenters. The van der Waals surface area contributed by atoms with Gasteiger partial charge in [-0.2, -0.15) is 0 Å². The molecule has 8 nitrogen and oxygen atoms in total. The smallest absolute Gasteiger partial charge is 0.415 e. The van der Waals surface area contributed by atoms with Gasteiger partial charge in [-0.1, -0.05) is 12.1 Å². The summed E-state index contributed by atoms with van der Waals surface area (Å²) in [6.07, 6.45) is 0.827. The highest BCUT2D eigenvalue weighted by Crippen LogP contribution is 2.40. The Bertz CT molecular complexity index is 967. The number of pyridine rings is 1. The largest absolute Gasteiger partial charge is 0.489 e. The van der Waals surface area contributed by atoms with Crippen LogP contribution in [0.4, 0.5) is 10.5 Å². The Morgan fingerprint density at radius 2 is 2.18 bits per heavy atom. The van der Waals surface area contributed by atoms with Gasteiger partial charge in [0.05, 0.1) is 12.2 Å². The molecular weight excluding hydrogens is 360 g/mol. The Morgan fingerprint density at radius 1 is 1.36 bits per heavy atom. The summed E-state index contributed by atoms with van der Waals surface area (Å²) in [4.78, 5) is 32.7. The average molecular weight is 378 g/mol. The molecule has 0 radical (unpaired) electrons. The molecule has 4 rings (SSSR count). The molecule has 2 aromatic rings. The van der Waals surface area contributed by atoms with Crippen molar-refractivity contribution in [3.05, 3.63) is 53.6 Å². The second-order valence-electron chi connectivity index (χ2n) is 6.64. The maximum Gasteiger partial charge on any atom is 0.415 e. The van der Waals surface area contributed by atoms with Crippen LogP contribution in [0.25, 0.3) is 16.0 Å². The summed E-state index contributed by atoms with van der Waals surface area (Å²) < 4.78 is 11.3. The molecule has 2 aliphatic rings. The number of nitrogens with zero attached hydrogens (tertiary/aromatic N) is 3. The quantitative estimate of drug-likeness (QED) is 0.826. The summed E-state index contributed by atoms with van der Waals surface area (Å²) in [5.74, 6) is 0.420. The number of hydrogen-bond acceptors (Lipinski definition) is 5. The van der Waals surface area contributed by atoms with Crippen LogP contribution in [0, 0.1) is 6.57 Å². The van der Waals surface area contributed by atoms with Gasteiger partial charge in [0.15, 0.2) is 0 Å². The molecule has 8 heteroatoms. The lowest BCUT2D eigenvalue weighted by atomic mass is 10.0. The van der Waals surface area contributed by atoms with E-state index in [1.807, 2.05) is 30.3 Å². The van der Waals surface area contributed by atoms with Gasteiger partial charge in [0.2, 0.25) is 5.91 Å². The second kappa shape index (κ2) is 7.19. The number of cyclic esters (lactones) is 1. The van der Waals surface area contributed by atoms with Crippen molar-refractivity contribution in [3.8, 4) is 16.9 Å². The van der Waals surface area contributed by atoms with Crippen LogP contribution < -0.4 is 15.0 Å². The van der Waals surface area contributed by atoms with E-state index in [1.165, 1.54) is 6.92 Å². The van der Waals surface area contributed by atoms with Gasteiger partial charge in [0.1, 0.15) is 30.2 Å². The van der Waals surface area contributed by atoms with Gasteiger partial charge in [-0.05, 0) is 23.8 Å². The lowest BCUT2D eigenvalue weighted by Crippen LogP contribution is -2.47. The van der Waals surface area contributed by atoms with Crippen LogP contribution in [-0.2, 0) is 16.1 Å². The minimum Gasteiger partial charge on any atom is -0.489 e. The zero-order valence-electron chi connectivity index (χ0n) is 15.2. The standard InChI is InChI=1S/C20H18N4O4/c1-12(25)22-10-19-17-11-27-18-7-13(4-6-16(18)24(17)20(26)28-19)14-3-5-15(9-21-2)23-8-14/h3-8,17,19H,9-11H2,1H3,(H,22,25)/t17-,19-/m0/s1. The van der Waals surface area contributed by atoms with E-state index in [0.29, 0.717) is 11.4 Å².